The Balaban J connectivity index is 3.57. The first-order chi connectivity index (χ1) is 6.83. The highest BCUT2D eigenvalue weighted by atomic mass is 32.2. The number of primary amides is 1. The second-order valence-corrected chi connectivity index (χ2v) is 4.51. The lowest BCUT2D eigenvalue weighted by Gasteiger charge is -2.00. The molecule has 0 aromatic carbocycles. The topological polar surface area (TPSA) is 107 Å². The molecule has 15 heavy (non-hydrogen) atoms. The highest BCUT2D eigenvalue weighted by molar-refractivity contribution is 7.85. The zero-order valence-corrected chi connectivity index (χ0v) is 9.29. The summed E-state index contributed by atoms with van der Waals surface area (Å²) in [4.78, 5) is 10.6. The molecule has 0 heterocycles. The van der Waals surface area contributed by atoms with E-state index in [0.29, 0.717) is 12.0 Å². The minimum atomic E-state index is -3.96. The first-order valence-corrected chi connectivity index (χ1v) is 5.93. The average Bonchev–Trinajstić information content (AvgIpc) is 2.08. The van der Waals surface area contributed by atoms with Crippen LogP contribution in [-0.4, -0.2) is 37.8 Å². The summed E-state index contributed by atoms with van der Waals surface area (Å²) in [6, 6.07) is 0. The SMILES string of the molecule is CC(=CCCOCCS(=O)(=O)O)C(N)=O. The van der Waals surface area contributed by atoms with Crippen molar-refractivity contribution in [3.05, 3.63) is 11.6 Å². The Kier molecular flexibility index (Phi) is 6.14. The lowest BCUT2D eigenvalue weighted by Crippen LogP contribution is -2.12. The average molecular weight is 237 g/mol. The number of rotatable bonds is 7. The maximum atomic E-state index is 10.6. The number of nitrogens with two attached hydrogens (primary N) is 1. The lowest BCUT2D eigenvalue weighted by molar-refractivity contribution is -0.114. The number of amides is 1. The van der Waals surface area contributed by atoms with Gasteiger partial charge in [-0.25, -0.2) is 0 Å². The van der Waals surface area contributed by atoms with Gasteiger partial charge in [0.2, 0.25) is 5.91 Å². The van der Waals surface area contributed by atoms with Crippen molar-refractivity contribution in [1.82, 2.24) is 0 Å². The van der Waals surface area contributed by atoms with Gasteiger partial charge in [-0.15, -0.1) is 0 Å². The summed E-state index contributed by atoms with van der Waals surface area (Å²) in [6.45, 7) is 1.79. The van der Waals surface area contributed by atoms with E-state index in [1.165, 1.54) is 0 Å². The van der Waals surface area contributed by atoms with Crippen LogP contribution in [0, 0.1) is 0 Å². The van der Waals surface area contributed by atoms with E-state index >= 15 is 0 Å². The molecule has 0 saturated heterocycles. The van der Waals surface area contributed by atoms with Crippen molar-refractivity contribution in [2.24, 2.45) is 5.73 Å². The third-order valence-corrected chi connectivity index (χ3v) is 2.27. The molecule has 0 rings (SSSR count). The first-order valence-electron chi connectivity index (χ1n) is 4.32. The smallest absolute Gasteiger partial charge is 0.267 e. The number of hydrogen-bond donors (Lipinski definition) is 2. The van der Waals surface area contributed by atoms with Crippen LogP contribution in [0.4, 0.5) is 0 Å². The van der Waals surface area contributed by atoms with E-state index in [2.05, 4.69) is 0 Å². The van der Waals surface area contributed by atoms with Gasteiger partial charge in [-0.3, -0.25) is 9.35 Å². The highest BCUT2D eigenvalue weighted by Crippen LogP contribution is 1.94. The summed E-state index contributed by atoms with van der Waals surface area (Å²) in [7, 11) is -3.96. The largest absolute Gasteiger partial charge is 0.380 e. The van der Waals surface area contributed by atoms with Gasteiger partial charge in [0, 0.05) is 5.57 Å². The molecule has 88 valence electrons. The fourth-order valence-corrected chi connectivity index (χ4v) is 1.05. The Labute approximate surface area is 88.8 Å². The number of carbonyl (C=O) groups is 1. The zero-order chi connectivity index (χ0) is 11.9. The molecular weight excluding hydrogens is 222 g/mol. The molecule has 0 aliphatic carbocycles. The van der Waals surface area contributed by atoms with Crippen LogP contribution < -0.4 is 5.73 Å². The Morgan fingerprint density at radius 1 is 1.47 bits per heavy atom. The van der Waals surface area contributed by atoms with Gasteiger partial charge in [-0.05, 0) is 13.3 Å². The minimum Gasteiger partial charge on any atom is -0.380 e. The van der Waals surface area contributed by atoms with Crippen molar-refractivity contribution in [2.75, 3.05) is 19.0 Å². The molecular formula is C8H15NO5S. The maximum absolute atomic E-state index is 10.6. The molecule has 0 aromatic heterocycles. The predicted molar refractivity (Wildman–Crippen MR) is 54.8 cm³/mol. The van der Waals surface area contributed by atoms with Gasteiger partial charge in [-0.2, -0.15) is 8.42 Å². The van der Waals surface area contributed by atoms with E-state index in [4.69, 9.17) is 15.0 Å². The number of carbonyl (C=O) groups excluding carboxylic acids is 1. The second-order valence-electron chi connectivity index (χ2n) is 2.94. The second kappa shape index (κ2) is 6.54. The van der Waals surface area contributed by atoms with Crippen LogP contribution in [0.1, 0.15) is 13.3 Å². The first kappa shape index (κ1) is 14.1. The monoisotopic (exact) mass is 237 g/mol. The summed E-state index contributed by atoms with van der Waals surface area (Å²) in [5.41, 5.74) is 5.41. The third-order valence-electron chi connectivity index (χ3n) is 1.59. The van der Waals surface area contributed by atoms with Crippen LogP contribution in [-0.2, 0) is 19.6 Å². The van der Waals surface area contributed by atoms with Crippen molar-refractivity contribution in [3.8, 4) is 0 Å². The van der Waals surface area contributed by atoms with Gasteiger partial charge in [-0.1, -0.05) is 6.08 Å². The van der Waals surface area contributed by atoms with E-state index < -0.39 is 21.8 Å². The molecule has 0 aliphatic heterocycles. The van der Waals surface area contributed by atoms with Crippen LogP contribution >= 0.6 is 0 Å². The minimum absolute atomic E-state index is 0.0672. The summed E-state index contributed by atoms with van der Waals surface area (Å²) >= 11 is 0. The summed E-state index contributed by atoms with van der Waals surface area (Å²) in [5.74, 6) is -0.918. The number of ether oxygens (including phenoxy) is 1. The molecule has 0 aromatic rings. The van der Waals surface area contributed by atoms with Crippen molar-refractivity contribution in [2.45, 2.75) is 13.3 Å². The van der Waals surface area contributed by atoms with Gasteiger partial charge in [0.25, 0.3) is 10.1 Å². The summed E-state index contributed by atoms with van der Waals surface area (Å²) < 4.78 is 33.8. The van der Waals surface area contributed by atoms with Crippen LogP contribution in [0.5, 0.6) is 0 Å². The van der Waals surface area contributed by atoms with E-state index in [0.717, 1.165) is 0 Å². The van der Waals surface area contributed by atoms with Gasteiger partial charge in [0.05, 0.1) is 19.0 Å². The molecule has 3 N–H and O–H groups in total. The van der Waals surface area contributed by atoms with Crippen molar-refractivity contribution < 1.29 is 22.5 Å². The molecule has 0 radical (unpaired) electrons. The number of hydrogen-bond acceptors (Lipinski definition) is 4. The van der Waals surface area contributed by atoms with Gasteiger partial charge in [0.15, 0.2) is 0 Å². The molecule has 6 nitrogen and oxygen atoms in total. The van der Waals surface area contributed by atoms with Crippen LogP contribution in [0.25, 0.3) is 0 Å². The quantitative estimate of drug-likeness (QED) is 0.359. The molecule has 0 saturated carbocycles. The molecule has 0 atom stereocenters. The van der Waals surface area contributed by atoms with E-state index in [-0.39, 0.29) is 13.2 Å². The molecule has 0 fully saturated rings. The molecule has 0 unspecified atom stereocenters. The third kappa shape index (κ3) is 9.39. The standard InChI is InChI=1S/C8H15NO5S/c1-7(8(9)10)3-2-4-14-5-6-15(11,12)13/h3H,2,4-6H2,1H3,(H2,9,10)(H,11,12,13). The molecule has 0 bridgehead atoms. The molecule has 0 spiro atoms. The molecule has 1 amide bonds. The Morgan fingerprint density at radius 2 is 2.07 bits per heavy atom. The summed E-state index contributed by atoms with van der Waals surface area (Å²) in [6.07, 6.45) is 2.08. The van der Waals surface area contributed by atoms with Crippen LogP contribution in [0.2, 0.25) is 0 Å². The van der Waals surface area contributed by atoms with Crippen molar-refractivity contribution in [1.29, 1.82) is 0 Å². The molecule has 0 aliphatic rings. The Morgan fingerprint density at radius 3 is 2.53 bits per heavy atom. The zero-order valence-electron chi connectivity index (χ0n) is 8.47. The van der Waals surface area contributed by atoms with Gasteiger partial charge >= 0.3 is 0 Å². The van der Waals surface area contributed by atoms with Gasteiger partial charge < -0.3 is 10.5 Å². The normalized spacial score (nSPS) is 12.8. The Hall–Kier alpha value is -0.920. The van der Waals surface area contributed by atoms with Crippen LogP contribution in [0.3, 0.4) is 0 Å². The fraction of sp³-hybridized carbons (Fsp3) is 0.625. The molecule has 7 heteroatoms. The van der Waals surface area contributed by atoms with Crippen molar-refractivity contribution >= 4 is 16.0 Å². The maximum Gasteiger partial charge on any atom is 0.267 e. The van der Waals surface area contributed by atoms with E-state index in [9.17, 15) is 13.2 Å². The fourth-order valence-electron chi connectivity index (χ4n) is 0.726. The predicted octanol–water partition coefficient (Wildman–Crippen LogP) is -0.287. The Bertz CT molecular complexity index is 333. The van der Waals surface area contributed by atoms with E-state index in [1.807, 2.05) is 0 Å². The van der Waals surface area contributed by atoms with E-state index in [1.54, 1.807) is 13.0 Å². The summed E-state index contributed by atoms with van der Waals surface area (Å²) in [5, 5.41) is 0. The van der Waals surface area contributed by atoms with Gasteiger partial charge in [0.1, 0.15) is 0 Å². The lowest BCUT2D eigenvalue weighted by atomic mass is 10.2. The van der Waals surface area contributed by atoms with Crippen LogP contribution in [0.15, 0.2) is 11.6 Å². The highest BCUT2D eigenvalue weighted by Gasteiger charge is 2.02. The van der Waals surface area contributed by atoms with Crippen molar-refractivity contribution in [3.63, 3.8) is 0 Å².